The Bertz CT molecular complexity index is 696. The predicted molar refractivity (Wildman–Crippen MR) is 80.3 cm³/mol. The zero-order valence-corrected chi connectivity index (χ0v) is 12.3. The summed E-state index contributed by atoms with van der Waals surface area (Å²) >= 11 is 0. The van der Waals surface area contributed by atoms with Crippen LogP contribution in [0.25, 0.3) is 10.9 Å². The third kappa shape index (κ3) is 3.53. The Morgan fingerprint density at radius 2 is 2.10 bits per heavy atom. The number of fused-ring (bicyclic) bond motifs is 1. The molecule has 0 aliphatic carbocycles. The second-order valence-corrected chi connectivity index (χ2v) is 5.79. The summed E-state index contributed by atoms with van der Waals surface area (Å²) in [4.78, 5) is 11.9. The van der Waals surface area contributed by atoms with Crippen LogP contribution in [0.5, 0.6) is 0 Å². The van der Waals surface area contributed by atoms with Gasteiger partial charge in [-0.1, -0.05) is 5.16 Å². The topological polar surface area (TPSA) is 89.8 Å². The second-order valence-electron chi connectivity index (χ2n) is 5.79. The highest BCUT2D eigenvalue weighted by Crippen LogP contribution is 2.18. The van der Waals surface area contributed by atoms with Crippen molar-refractivity contribution >= 4 is 22.7 Å². The maximum atomic E-state index is 11.9. The van der Waals surface area contributed by atoms with Gasteiger partial charge in [0.15, 0.2) is 5.84 Å². The van der Waals surface area contributed by atoms with Crippen LogP contribution in [0.2, 0.25) is 0 Å². The predicted octanol–water partition coefficient (Wildman–Crippen LogP) is 2.08. The van der Waals surface area contributed by atoms with Gasteiger partial charge in [0.05, 0.1) is 0 Å². The maximum absolute atomic E-state index is 11.9. The zero-order chi connectivity index (χ0) is 15.6. The van der Waals surface area contributed by atoms with Crippen LogP contribution >= 0.6 is 0 Å². The molecule has 6 heteroatoms. The molecule has 0 saturated heterocycles. The summed E-state index contributed by atoms with van der Waals surface area (Å²) in [6, 6.07) is 7.24. The van der Waals surface area contributed by atoms with Crippen LogP contribution < -0.4 is 5.73 Å². The molecule has 112 valence electrons. The number of carbonyl (C=O) groups excluding carboxylic acids is 1. The fourth-order valence-electron chi connectivity index (χ4n) is 2.07. The number of nitrogens with zero attached hydrogens (tertiary/aromatic N) is 2. The zero-order valence-electron chi connectivity index (χ0n) is 12.3. The monoisotopic (exact) mass is 289 g/mol. The summed E-state index contributed by atoms with van der Waals surface area (Å²) in [7, 11) is 0. The molecule has 0 saturated carbocycles. The fraction of sp³-hybridized carbons (Fsp3) is 0.333. The molecule has 0 unspecified atom stereocenters. The number of hydrogen-bond donors (Lipinski definition) is 2. The summed E-state index contributed by atoms with van der Waals surface area (Å²) in [6.45, 7) is 5.65. The van der Waals surface area contributed by atoms with Gasteiger partial charge in [-0.05, 0) is 45.0 Å². The number of rotatable bonds is 3. The smallest absolute Gasteiger partial charge is 0.326 e. The molecule has 1 heterocycles. The first-order chi connectivity index (χ1) is 9.80. The molecular weight excluding hydrogens is 270 g/mol. The Morgan fingerprint density at radius 1 is 1.38 bits per heavy atom. The van der Waals surface area contributed by atoms with Crippen molar-refractivity contribution in [3.63, 3.8) is 0 Å². The van der Waals surface area contributed by atoms with Crippen LogP contribution in [-0.4, -0.2) is 27.2 Å². The number of aromatic nitrogens is 1. The summed E-state index contributed by atoms with van der Waals surface area (Å²) in [6.07, 6.45) is 1.81. The van der Waals surface area contributed by atoms with E-state index in [2.05, 4.69) is 5.16 Å². The van der Waals surface area contributed by atoms with E-state index in [1.807, 2.05) is 39.1 Å². The molecule has 0 atom stereocenters. The maximum Gasteiger partial charge on any atom is 0.326 e. The van der Waals surface area contributed by atoms with Crippen molar-refractivity contribution in [1.82, 2.24) is 4.57 Å². The summed E-state index contributed by atoms with van der Waals surface area (Å²) < 4.78 is 7.11. The summed E-state index contributed by atoms with van der Waals surface area (Å²) in [5.41, 5.74) is 6.57. The number of ether oxygens (including phenoxy) is 1. The highest BCUT2D eigenvalue weighted by Gasteiger charge is 2.17. The first-order valence-electron chi connectivity index (χ1n) is 6.59. The van der Waals surface area contributed by atoms with Gasteiger partial charge >= 0.3 is 5.97 Å². The molecule has 0 spiro atoms. The molecule has 0 fully saturated rings. The largest absolute Gasteiger partial charge is 0.459 e. The lowest BCUT2D eigenvalue weighted by atomic mass is 10.1. The van der Waals surface area contributed by atoms with Crippen molar-refractivity contribution in [3.8, 4) is 0 Å². The van der Waals surface area contributed by atoms with Crippen LogP contribution in [0, 0.1) is 0 Å². The first-order valence-corrected chi connectivity index (χ1v) is 6.59. The van der Waals surface area contributed by atoms with Crippen molar-refractivity contribution in [1.29, 1.82) is 0 Å². The van der Waals surface area contributed by atoms with Gasteiger partial charge in [0.1, 0.15) is 12.1 Å². The summed E-state index contributed by atoms with van der Waals surface area (Å²) in [5.74, 6) is -0.239. The van der Waals surface area contributed by atoms with E-state index in [9.17, 15) is 4.79 Å². The van der Waals surface area contributed by atoms with Crippen molar-refractivity contribution in [2.45, 2.75) is 32.9 Å². The number of esters is 1. The number of carbonyl (C=O) groups is 1. The van der Waals surface area contributed by atoms with Gasteiger partial charge in [-0.2, -0.15) is 0 Å². The lowest BCUT2D eigenvalue weighted by Crippen LogP contribution is -2.26. The van der Waals surface area contributed by atoms with E-state index in [0.717, 1.165) is 10.9 Å². The third-order valence-electron chi connectivity index (χ3n) is 2.89. The Hall–Kier alpha value is -2.50. The Morgan fingerprint density at radius 3 is 2.71 bits per heavy atom. The normalized spacial score (nSPS) is 12.6. The van der Waals surface area contributed by atoms with E-state index >= 15 is 0 Å². The first kappa shape index (κ1) is 14.9. The fourth-order valence-corrected chi connectivity index (χ4v) is 2.07. The van der Waals surface area contributed by atoms with Gasteiger partial charge in [-0.25, -0.2) is 0 Å². The average Bonchev–Trinajstić information content (AvgIpc) is 2.78. The molecule has 3 N–H and O–H groups in total. The quantitative estimate of drug-likeness (QED) is 0.297. The number of hydrogen-bond acceptors (Lipinski definition) is 4. The van der Waals surface area contributed by atoms with Crippen molar-refractivity contribution < 1.29 is 14.7 Å². The second kappa shape index (κ2) is 5.47. The van der Waals surface area contributed by atoms with Crippen LogP contribution in [0.4, 0.5) is 0 Å². The van der Waals surface area contributed by atoms with Crippen molar-refractivity contribution in [2.75, 3.05) is 0 Å². The van der Waals surface area contributed by atoms with E-state index in [1.54, 1.807) is 16.7 Å². The lowest BCUT2D eigenvalue weighted by molar-refractivity contribution is -0.155. The summed E-state index contributed by atoms with van der Waals surface area (Å²) in [5, 5.41) is 12.6. The van der Waals surface area contributed by atoms with Crippen LogP contribution in [0.3, 0.4) is 0 Å². The van der Waals surface area contributed by atoms with E-state index < -0.39 is 5.60 Å². The Balaban J connectivity index is 2.25. The molecule has 0 aliphatic heterocycles. The molecule has 0 radical (unpaired) electrons. The van der Waals surface area contributed by atoms with E-state index in [-0.39, 0.29) is 18.3 Å². The van der Waals surface area contributed by atoms with Crippen LogP contribution in [0.1, 0.15) is 26.3 Å². The minimum absolute atomic E-state index is 0.0526. The van der Waals surface area contributed by atoms with E-state index in [4.69, 9.17) is 15.7 Å². The van der Waals surface area contributed by atoms with Gasteiger partial charge in [-0.15, -0.1) is 0 Å². The van der Waals surface area contributed by atoms with Gasteiger partial charge < -0.3 is 20.2 Å². The molecular formula is C15H19N3O3. The SMILES string of the molecule is CC(C)(C)OC(=O)Cn1ccc2cc(/C(N)=N/O)ccc21. The lowest BCUT2D eigenvalue weighted by Gasteiger charge is -2.19. The standard InChI is InChI=1S/C15H19N3O3/c1-15(2,3)21-13(19)9-18-7-6-10-8-11(14(16)17-20)4-5-12(10)18/h4-8,20H,9H2,1-3H3,(H2,16,17). The number of nitrogens with two attached hydrogens (primary N) is 1. The number of benzene rings is 1. The number of oxime groups is 1. The molecule has 0 amide bonds. The molecule has 21 heavy (non-hydrogen) atoms. The van der Waals surface area contributed by atoms with Gasteiger partial charge in [0, 0.05) is 22.7 Å². The van der Waals surface area contributed by atoms with Crippen molar-refractivity contribution in [3.05, 3.63) is 36.0 Å². The molecule has 1 aromatic carbocycles. The minimum Gasteiger partial charge on any atom is -0.459 e. The molecule has 0 bridgehead atoms. The highest BCUT2D eigenvalue weighted by molar-refractivity contribution is 6.00. The van der Waals surface area contributed by atoms with Crippen LogP contribution in [-0.2, 0) is 16.1 Å². The Kier molecular flexibility index (Phi) is 3.88. The van der Waals surface area contributed by atoms with E-state index in [1.165, 1.54) is 0 Å². The molecule has 6 nitrogen and oxygen atoms in total. The van der Waals surface area contributed by atoms with E-state index in [0.29, 0.717) is 5.56 Å². The van der Waals surface area contributed by atoms with Crippen LogP contribution in [0.15, 0.2) is 35.6 Å². The highest BCUT2D eigenvalue weighted by atomic mass is 16.6. The van der Waals surface area contributed by atoms with Gasteiger partial charge in [0.25, 0.3) is 0 Å². The molecule has 0 aliphatic rings. The molecule has 2 rings (SSSR count). The van der Waals surface area contributed by atoms with Gasteiger partial charge in [0.2, 0.25) is 0 Å². The van der Waals surface area contributed by atoms with Gasteiger partial charge in [-0.3, -0.25) is 4.79 Å². The third-order valence-corrected chi connectivity index (χ3v) is 2.89. The Labute approximate surface area is 122 Å². The molecule has 2 aromatic rings. The molecule has 1 aromatic heterocycles. The number of amidine groups is 1. The minimum atomic E-state index is -0.501. The van der Waals surface area contributed by atoms with Crippen molar-refractivity contribution in [2.24, 2.45) is 10.9 Å². The average molecular weight is 289 g/mol.